The number of benzene rings is 1. The maximum Gasteiger partial charge on any atom is 0.317 e. The molecule has 23 heavy (non-hydrogen) atoms. The molecule has 0 saturated carbocycles. The third-order valence-corrected chi connectivity index (χ3v) is 4.58. The highest BCUT2D eigenvalue weighted by Gasteiger charge is 2.27. The molecule has 1 fully saturated rings. The molecule has 5 nitrogen and oxygen atoms in total. The Bertz CT molecular complexity index is 484. The van der Waals surface area contributed by atoms with Crippen LogP contribution in [0.4, 0.5) is 4.79 Å². The largest absolute Gasteiger partial charge is 0.381 e. The van der Waals surface area contributed by atoms with Crippen LogP contribution in [-0.4, -0.2) is 62.3 Å². The number of carbonyl (C=O) groups excluding carboxylic acids is 1. The van der Waals surface area contributed by atoms with Crippen LogP contribution in [0.3, 0.4) is 0 Å². The van der Waals surface area contributed by atoms with Gasteiger partial charge in [0.15, 0.2) is 0 Å². The molecule has 0 radical (unpaired) electrons. The van der Waals surface area contributed by atoms with Gasteiger partial charge in [0.2, 0.25) is 0 Å². The molecule has 0 bridgehead atoms. The summed E-state index contributed by atoms with van der Waals surface area (Å²) in [6.45, 7) is 3.58. The normalized spacial score (nSPS) is 18.7. The number of methoxy groups -OCH3 is 1. The van der Waals surface area contributed by atoms with Gasteiger partial charge in [0.25, 0.3) is 0 Å². The number of hydrogen-bond donors (Lipinski definition) is 1. The maximum atomic E-state index is 12.5. The van der Waals surface area contributed by atoms with Crippen LogP contribution in [0.15, 0.2) is 30.3 Å². The second kappa shape index (κ2) is 8.31. The number of likely N-dealkylation sites (tertiary alicyclic amines) is 1. The third-order valence-electron chi connectivity index (χ3n) is 4.58. The summed E-state index contributed by atoms with van der Waals surface area (Å²) in [6.07, 6.45) is 2.11. The van der Waals surface area contributed by atoms with E-state index in [2.05, 4.69) is 29.3 Å². The van der Waals surface area contributed by atoms with E-state index in [1.165, 1.54) is 5.56 Å². The summed E-state index contributed by atoms with van der Waals surface area (Å²) in [6, 6.07) is 10.5. The Morgan fingerprint density at radius 1 is 1.26 bits per heavy atom. The van der Waals surface area contributed by atoms with Gasteiger partial charge in [0.1, 0.15) is 0 Å². The molecule has 2 rings (SSSR count). The fourth-order valence-electron chi connectivity index (χ4n) is 3.34. The molecule has 1 saturated heterocycles. The minimum Gasteiger partial charge on any atom is -0.381 e. The molecule has 1 aromatic carbocycles. The van der Waals surface area contributed by atoms with Crippen molar-refractivity contribution in [3.63, 3.8) is 0 Å². The number of amides is 2. The number of urea groups is 1. The monoisotopic (exact) mass is 319 g/mol. The zero-order valence-electron chi connectivity index (χ0n) is 14.7. The zero-order valence-corrected chi connectivity index (χ0v) is 14.7. The van der Waals surface area contributed by atoms with Crippen molar-refractivity contribution in [2.45, 2.75) is 38.0 Å². The molecular formula is C18H29N3O2. The van der Waals surface area contributed by atoms with E-state index in [1.807, 2.05) is 37.2 Å². The molecule has 1 aliphatic heterocycles. The van der Waals surface area contributed by atoms with Crippen molar-refractivity contribution < 1.29 is 9.53 Å². The van der Waals surface area contributed by atoms with Gasteiger partial charge in [-0.2, -0.15) is 0 Å². The smallest absolute Gasteiger partial charge is 0.317 e. The van der Waals surface area contributed by atoms with Crippen LogP contribution in [0.2, 0.25) is 0 Å². The molecule has 0 spiro atoms. The molecule has 1 aliphatic rings. The first-order chi connectivity index (χ1) is 11.0. The van der Waals surface area contributed by atoms with Crippen molar-refractivity contribution in [2.75, 3.05) is 34.3 Å². The van der Waals surface area contributed by atoms with Gasteiger partial charge in [-0.15, -0.1) is 0 Å². The molecule has 0 aromatic heterocycles. The number of carbonyl (C=O) groups is 1. The predicted molar refractivity (Wildman–Crippen MR) is 92.5 cm³/mol. The second-order valence-corrected chi connectivity index (χ2v) is 6.48. The van der Waals surface area contributed by atoms with Crippen molar-refractivity contribution in [3.8, 4) is 0 Å². The van der Waals surface area contributed by atoms with Crippen molar-refractivity contribution in [2.24, 2.45) is 0 Å². The minimum atomic E-state index is 0.0230. The number of piperidine rings is 1. The van der Waals surface area contributed by atoms with E-state index < -0.39 is 0 Å². The Kier molecular flexibility index (Phi) is 6.42. The van der Waals surface area contributed by atoms with Crippen molar-refractivity contribution >= 4 is 6.03 Å². The van der Waals surface area contributed by atoms with Crippen LogP contribution in [0.1, 0.15) is 31.4 Å². The van der Waals surface area contributed by atoms with Crippen LogP contribution >= 0.6 is 0 Å². The quantitative estimate of drug-likeness (QED) is 0.907. The van der Waals surface area contributed by atoms with Crippen LogP contribution < -0.4 is 5.32 Å². The SMILES string of the molecule is COC1CCN(C(=O)N[C@H](C)[C@@H](c2ccccc2)N(C)C)CC1. The van der Waals surface area contributed by atoms with E-state index in [0.717, 1.165) is 25.9 Å². The lowest BCUT2D eigenvalue weighted by Gasteiger charge is -2.35. The summed E-state index contributed by atoms with van der Waals surface area (Å²) in [7, 11) is 5.83. The van der Waals surface area contributed by atoms with Crippen molar-refractivity contribution in [1.29, 1.82) is 0 Å². The van der Waals surface area contributed by atoms with Crippen LogP contribution in [0.5, 0.6) is 0 Å². The molecule has 5 heteroatoms. The maximum absolute atomic E-state index is 12.5. The standard InChI is InChI=1S/C18H29N3O2/c1-14(17(20(2)3)15-8-6-5-7-9-15)19-18(22)21-12-10-16(23-4)11-13-21/h5-9,14,16-17H,10-13H2,1-4H3,(H,19,22)/t14-,17+/m1/s1. The van der Waals surface area contributed by atoms with Gasteiger partial charge in [-0.05, 0) is 39.4 Å². The number of rotatable bonds is 5. The highest BCUT2D eigenvalue weighted by Crippen LogP contribution is 2.22. The van der Waals surface area contributed by atoms with Gasteiger partial charge in [0, 0.05) is 26.2 Å². The Labute approximate surface area is 139 Å². The zero-order chi connectivity index (χ0) is 16.8. The van der Waals surface area contributed by atoms with E-state index in [1.54, 1.807) is 7.11 Å². The van der Waals surface area contributed by atoms with Gasteiger partial charge in [-0.3, -0.25) is 0 Å². The highest BCUT2D eigenvalue weighted by molar-refractivity contribution is 5.74. The van der Waals surface area contributed by atoms with E-state index in [-0.39, 0.29) is 24.2 Å². The molecule has 1 aromatic rings. The summed E-state index contributed by atoms with van der Waals surface area (Å²) < 4.78 is 5.36. The first-order valence-corrected chi connectivity index (χ1v) is 8.32. The Morgan fingerprint density at radius 2 is 1.87 bits per heavy atom. The minimum absolute atomic E-state index is 0.0230. The molecular weight excluding hydrogens is 290 g/mol. The Hall–Kier alpha value is -1.59. The highest BCUT2D eigenvalue weighted by atomic mass is 16.5. The van der Waals surface area contributed by atoms with E-state index >= 15 is 0 Å². The van der Waals surface area contributed by atoms with E-state index in [4.69, 9.17) is 4.74 Å². The molecule has 1 N–H and O–H groups in total. The van der Waals surface area contributed by atoms with Crippen LogP contribution in [0, 0.1) is 0 Å². The average molecular weight is 319 g/mol. The fourth-order valence-corrected chi connectivity index (χ4v) is 3.34. The molecule has 128 valence electrons. The number of nitrogens with one attached hydrogen (secondary N) is 1. The van der Waals surface area contributed by atoms with Gasteiger partial charge in [-0.1, -0.05) is 30.3 Å². The summed E-state index contributed by atoms with van der Waals surface area (Å²) in [5, 5.41) is 3.17. The summed E-state index contributed by atoms with van der Waals surface area (Å²) >= 11 is 0. The number of nitrogens with zero attached hydrogens (tertiary/aromatic N) is 2. The third kappa shape index (κ3) is 4.69. The molecule has 0 unspecified atom stereocenters. The summed E-state index contributed by atoms with van der Waals surface area (Å²) in [5.41, 5.74) is 1.21. The first kappa shape index (κ1) is 17.8. The van der Waals surface area contributed by atoms with Gasteiger partial charge >= 0.3 is 6.03 Å². The summed E-state index contributed by atoms with van der Waals surface area (Å²) in [5.74, 6) is 0. The molecule has 1 heterocycles. The van der Waals surface area contributed by atoms with E-state index in [9.17, 15) is 4.79 Å². The average Bonchev–Trinajstić information content (AvgIpc) is 2.55. The van der Waals surface area contributed by atoms with Crippen molar-refractivity contribution in [1.82, 2.24) is 15.1 Å². The topological polar surface area (TPSA) is 44.8 Å². The van der Waals surface area contributed by atoms with Crippen molar-refractivity contribution in [3.05, 3.63) is 35.9 Å². The van der Waals surface area contributed by atoms with E-state index in [0.29, 0.717) is 0 Å². The molecule has 2 amide bonds. The number of likely N-dealkylation sites (N-methyl/N-ethyl adjacent to an activating group) is 1. The van der Waals surface area contributed by atoms with Gasteiger partial charge in [0.05, 0.1) is 12.1 Å². The summed E-state index contributed by atoms with van der Waals surface area (Å²) in [4.78, 5) is 16.6. The lowest BCUT2D eigenvalue weighted by Crippen LogP contribution is -2.50. The lowest BCUT2D eigenvalue weighted by molar-refractivity contribution is 0.0496. The lowest BCUT2D eigenvalue weighted by atomic mass is 9.99. The first-order valence-electron chi connectivity index (χ1n) is 8.32. The van der Waals surface area contributed by atoms with Crippen LogP contribution in [0.25, 0.3) is 0 Å². The Balaban J connectivity index is 1.96. The second-order valence-electron chi connectivity index (χ2n) is 6.48. The molecule has 0 aliphatic carbocycles. The Morgan fingerprint density at radius 3 is 2.39 bits per heavy atom. The number of hydrogen-bond acceptors (Lipinski definition) is 3. The van der Waals surface area contributed by atoms with Crippen LogP contribution in [-0.2, 0) is 4.74 Å². The van der Waals surface area contributed by atoms with Gasteiger partial charge < -0.3 is 19.9 Å². The predicted octanol–water partition coefficient (Wildman–Crippen LogP) is 2.50. The number of ether oxygens (including phenoxy) is 1. The fraction of sp³-hybridized carbons (Fsp3) is 0.611. The van der Waals surface area contributed by atoms with Gasteiger partial charge in [-0.25, -0.2) is 4.79 Å². The molecule has 2 atom stereocenters.